The molecular weight excluding hydrogens is 767 g/mol. The lowest BCUT2D eigenvalue weighted by atomic mass is 10.00. The second-order valence-electron chi connectivity index (χ2n) is 13.6. The van der Waals surface area contributed by atoms with Gasteiger partial charge >= 0.3 is 12.1 Å². The average Bonchev–Trinajstić information content (AvgIpc) is 3.57. The van der Waals surface area contributed by atoms with Crippen molar-refractivity contribution in [2.75, 3.05) is 23.6 Å². The van der Waals surface area contributed by atoms with Crippen LogP contribution in [0, 0.1) is 17.7 Å². The molecule has 2 heterocycles. The molecule has 0 aliphatic carbocycles. The topological polar surface area (TPSA) is 185 Å². The van der Waals surface area contributed by atoms with Crippen molar-refractivity contribution in [1.29, 1.82) is 0 Å². The van der Waals surface area contributed by atoms with Gasteiger partial charge < -0.3 is 25.3 Å². The molecule has 0 bridgehead atoms. The number of carbonyl (C=O) groups excluding carboxylic acids is 3. The number of hydrogen-bond donors (Lipinski definition) is 2. The maximum atomic E-state index is 14.1. The van der Waals surface area contributed by atoms with Crippen LogP contribution in [0.4, 0.5) is 26.5 Å². The van der Waals surface area contributed by atoms with Crippen LogP contribution in [0.25, 0.3) is 16.8 Å². The van der Waals surface area contributed by atoms with E-state index < -0.39 is 46.1 Å². The van der Waals surface area contributed by atoms with Crippen LogP contribution < -0.4 is 20.7 Å². The number of anilines is 3. The molecule has 0 fully saturated rings. The summed E-state index contributed by atoms with van der Waals surface area (Å²) in [4.78, 5) is 45.2. The monoisotopic (exact) mass is 810 g/mol. The number of carbonyl (C=O) groups is 3. The molecule has 2 aromatic heterocycles. The number of methoxy groups -OCH3 is 1. The largest absolute Gasteiger partial charge is 0.495 e. The number of nitrogens with two attached hydrogens (primary N) is 1. The molecule has 298 valence electrons. The first-order valence-corrected chi connectivity index (χ1v) is 19.2. The second-order valence-corrected chi connectivity index (χ2v) is 15.6. The molecule has 5 aromatic rings. The van der Waals surface area contributed by atoms with Gasteiger partial charge in [-0.2, -0.15) is 4.98 Å². The van der Waals surface area contributed by atoms with E-state index in [4.69, 9.17) is 19.9 Å². The number of sulfone groups is 1. The van der Waals surface area contributed by atoms with E-state index in [1.165, 1.54) is 42.0 Å². The third-order valence-corrected chi connectivity index (χ3v) is 9.87. The highest BCUT2D eigenvalue weighted by Crippen LogP contribution is 2.36. The SMILES string of the molecule is COc1cc(S(C)(=O)=O)ccc1N(C(=O)O[C@@H](OC(=O)[C@@H](N)C(C)C)C(C)C)c1nc2ccc(-c3ccc(NC(=O)[C@H](C)c4ccc(F)cc4)cc3)cn2n1.Cl. The van der Waals surface area contributed by atoms with Crippen molar-refractivity contribution in [3.8, 4) is 16.9 Å². The van der Waals surface area contributed by atoms with Crippen molar-refractivity contribution in [3.05, 3.63) is 96.4 Å². The van der Waals surface area contributed by atoms with Gasteiger partial charge in [0.25, 0.3) is 12.2 Å². The number of hydrogen-bond acceptors (Lipinski definition) is 11. The predicted molar refractivity (Wildman–Crippen MR) is 211 cm³/mol. The highest BCUT2D eigenvalue weighted by molar-refractivity contribution is 7.90. The summed E-state index contributed by atoms with van der Waals surface area (Å²) in [7, 11) is -2.34. The number of amides is 2. The van der Waals surface area contributed by atoms with Crippen molar-refractivity contribution in [2.45, 2.75) is 57.8 Å². The minimum Gasteiger partial charge on any atom is -0.495 e. The Labute approximate surface area is 330 Å². The molecule has 0 saturated carbocycles. The van der Waals surface area contributed by atoms with E-state index in [1.54, 1.807) is 77.2 Å². The quantitative estimate of drug-likeness (QED) is 0.0932. The van der Waals surface area contributed by atoms with E-state index in [0.717, 1.165) is 22.3 Å². The first-order chi connectivity index (χ1) is 26.0. The number of esters is 1. The normalized spacial score (nSPS) is 13.1. The first kappa shape index (κ1) is 43.2. The van der Waals surface area contributed by atoms with Crippen molar-refractivity contribution in [3.63, 3.8) is 0 Å². The van der Waals surface area contributed by atoms with Crippen LogP contribution in [-0.4, -0.2) is 66.7 Å². The standard InChI is InChI=1S/C39H43FN6O8S.ClH/c1-22(2)34(41)36(48)53-37(23(3)4)54-39(49)46(31-18-17-30(55(7,50)51)20-32(31)52-6)38-43-33-19-12-27(21-45(33)44-38)26-10-15-29(16-11-26)42-35(47)24(5)25-8-13-28(40)14-9-25;/h8-24,34,37H,41H2,1-7H3,(H,42,47);1H/t24-,34+,37-;/m1./s1. The molecule has 3 atom stereocenters. The molecule has 56 heavy (non-hydrogen) atoms. The number of aromatic nitrogens is 3. The van der Waals surface area contributed by atoms with E-state index in [0.29, 0.717) is 16.9 Å². The van der Waals surface area contributed by atoms with Gasteiger partial charge in [-0.1, -0.05) is 52.0 Å². The molecule has 14 nitrogen and oxygen atoms in total. The summed E-state index contributed by atoms with van der Waals surface area (Å²) in [5.41, 5.74) is 9.13. The lowest BCUT2D eigenvalue weighted by molar-refractivity contribution is -0.177. The fourth-order valence-corrected chi connectivity index (χ4v) is 5.95. The number of fused-ring (bicyclic) bond motifs is 1. The second kappa shape index (κ2) is 17.9. The summed E-state index contributed by atoms with van der Waals surface area (Å²) in [5, 5.41) is 7.45. The van der Waals surface area contributed by atoms with Gasteiger partial charge in [0.05, 0.1) is 23.6 Å². The van der Waals surface area contributed by atoms with Gasteiger partial charge in [0.15, 0.2) is 15.5 Å². The molecule has 0 unspecified atom stereocenters. The molecule has 17 heteroatoms. The molecule has 5 rings (SSSR count). The van der Waals surface area contributed by atoms with Crippen molar-refractivity contribution in [1.82, 2.24) is 14.6 Å². The lowest BCUT2D eigenvalue weighted by Crippen LogP contribution is -2.42. The molecule has 3 N–H and O–H groups in total. The van der Waals surface area contributed by atoms with Gasteiger partial charge in [-0.15, -0.1) is 17.5 Å². The van der Waals surface area contributed by atoms with E-state index in [1.807, 2.05) is 12.1 Å². The highest BCUT2D eigenvalue weighted by atomic mass is 35.5. The van der Waals surface area contributed by atoms with Gasteiger partial charge in [-0.25, -0.2) is 27.0 Å². The Hall–Kier alpha value is -5.58. The Morgan fingerprint density at radius 1 is 0.875 bits per heavy atom. The summed E-state index contributed by atoms with van der Waals surface area (Å²) in [6.07, 6.45) is 0.335. The van der Waals surface area contributed by atoms with Crippen LogP contribution in [0.1, 0.15) is 46.1 Å². The summed E-state index contributed by atoms with van der Waals surface area (Å²) >= 11 is 0. The first-order valence-electron chi connectivity index (χ1n) is 17.3. The summed E-state index contributed by atoms with van der Waals surface area (Å²) < 4.78 is 56.3. The van der Waals surface area contributed by atoms with Crippen LogP contribution in [0.3, 0.4) is 0 Å². The smallest absolute Gasteiger partial charge is 0.424 e. The zero-order valence-electron chi connectivity index (χ0n) is 31.8. The molecular formula is C39H44ClFN6O8S. The van der Waals surface area contributed by atoms with Gasteiger partial charge in [-0.3, -0.25) is 9.59 Å². The zero-order chi connectivity index (χ0) is 40.2. The van der Waals surface area contributed by atoms with Gasteiger partial charge in [0.1, 0.15) is 17.6 Å². The van der Waals surface area contributed by atoms with Crippen molar-refractivity contribution >= 4 is 63.2 Å². The Kier molecular flexibility index (Phi) is 13.8. The van der Waals surface area contributed by atoms with E-state index >= 15 is 0 Å². The third-order valence-electron chi connectivity index (χ3n) is 8.76. The average molecular weight is 811 g/mol. The number of nitrogens with zero attached hydrogens (tertiary/aromatic N) is 4. The molecule has 0 radical (unpaired) electrons. The number of pyridine rings is 1. The van der Waals surface area contributed by atoms with E-state index in [-0.39, 0.29) is 52.3 Å². The maximum absolute atomic E-state index is 14.1. The lowest BCUT2D eigenvalue weighted by Gasteiger charge is -2.27. The Morgan fingerprint density at radius 3 is 2.11 bits per heavy atom. The zero-order valence-corrected chi connectivity index (χ0v) is 33.4. The molecule has 3 aromatic carbocycles. The van der Waals surface area contributed by atoms with E-state index in [9.17, 15) is 27.2 Å². The van der Waals surface area contributed by atoms with Gasteiger partial charge in [0.2, 0.25) is 5.91 Å². The fourth-order valence-electron chi connectivity index (χ4n) is 5.31. The van der Waals surface area contributed by atoms with Crippen LogP contribution >= 0.6 is 12.4 Å². The molecule has 0 spiro atoms. The number of rotatable bonds is 13. The highest BCUT2D eigenvalue weighted by Gasteiger charge is 2.33. The fraction of sp³-hybridized carbons (Fsp3) is 0.308. The van der Waals surface area contributed by atoms with E-state index in [2.05, 4.69) is 15.4 Å². The molecule has 2 amide bonds. The third kappa shape index (κ3) is 9.99. The summed E-state index contributed by atoms with van der Waals surface area (Å²) in [5.74, 6) is -2.77. The minimum atomic E-state index is -3.65. The molecule has 0 saturated heterocycles. The molecule has 0 aliphatic rings. The van der Waals surface area contributed by atoms with Crippen molar-refractivity contribution < 1.29 is 41.4 Å². The van der Waals surface area contributed by atoms with Crippen LogP contribution in [0.2, 0.25) is 0 Å². The maximum Gasteiger partial charge on any atom is 0.424 e. The van der Waals surface area contributed by atoms with Gasteiger partial charge in [-0.05, 0) is 72.5 Å². The predicted octanol–water partition coefficient (Wildman–Crippen LogP) is 6.89. The number of nitrogens with one attached hydrogen (secondary N) is 1. The molecule has 0 aliphatic heterocycles. The summed E-state index contributed by atoms with van der Waals surface area (Å²) in [6, 6.07) is 19.4. The minimum absolute atomic E-state index is 0. The number of ether oxygens (including phenoxy) is 3. The Bertz CT molecular complexity index is 2300. The summed E-state index contributed by atoms with van der Waals surface area (Å²) in [6.45, 7) is 8.63. The number of halogens is 2. The van der Waals surface area contributed by atoms with Crippen molar-refractivity contribution in [2.24, 2.45) is 17.6 Å². The van der Waals surface area contributed by atoms with Gasteiger partial charge in [0, 0.05) is 35.7 Å². The van der Waals surface area contributed by atoms with Crippen LogP contribution in [0.15, 0.2) is 90.0 Å². The Morgan fingerprint density at radius 2 is 1.52 bits per heavy atom. The number of benzene rings is 3. The van der Waals surface area contributed by atoms with Crippen LogP contribution in [-0.2, 0) is 28.9 Å². The Balaban J connectivity index is 0.00000696. The van der Waals surface area contributed by atoms with Crippen LogP contribution in [0.5, 0.6) is 5.75 Å².